The van der Waals surface area contributed by atoms with Gasteiger partial charge < -0.3 is 9.47 Å². The fourth-order valence-corrected chi connectivity index (χ4v) is 1.78. The van der Waals surface area contributed by atoms with Crippen LogP contribution in [0.3, 0.4) is 0 Å². The van der Waals surface area contributed by atoms with Gasteiger partial charge in [0.15, 0.2) is 5.79 Å². The molecule has 0 radical (unpaired) electrons. The van der Waals surface area contributed by atoms with Crippen molar-refractivity contribution in [2.45, 2.75) is 19.1 Å². The predicted molar refractivity (Wildman–Crippen MR) is 39.6 cm³/mol. The molecule has 1 saturated carbocycles. The Kier molecular flexibility index (Phi) is 2.17. The van der Waals surface area contributed by atoms with Crippen molar-refractivity contribution in [3.63, 3.8) is 0 Å². The number of rotatable bonds is 2. The number of ether oxygens (including phenoxy) is 2. The molecule has 2 atom stereocenters. The smallest absolute Gasteiger partial charge is 0.186 e. The lowest BCUT2D eigenvalue weighted by molar-refractivity contribution is -0.305. The van der Waals surface area contributed by atoms with Crippen molar-refractivity contribution >= 4 is 0 Å². The number of methoxy groups -OCH3 is 2. The van der Waals surface area contributed by atoms with E-state index in [2.05, 4.69) is 6.07 Å². The number of hydrogen-bond donors (Lipinski definition) is 0. The number of hydrogen-bond acceptors (Lipinski definition) is 3. The molecule has 0 amide bonds. The van der Waals surface area contributed by atoms with Gasteiger partial charge in [0.05, 0.1) is 6.07 Å². The normalized spacial score (nSPS) is 34.0. The van der Waals surface area contributed by atoms with Gasteiger partial charge in [-0.2, -0.15) is 5.26 Å². The summed E-state index contributed by atoms with van der Waals surface area (Å²) < 4.78 is 10.4. The van der Waals surface area contributed by atoms with Gasteiger partial charge in [0, 0.05) is 20.1 Å². The van der Waals surface area contributed by atoms with Gasteiger partial charge >= 0.3 is 0 Å². The lowest BCUT2D eigenvalue weighted by Crippen LogP contribution is -2.56. The maximum atomic E-state index is 8.69. The lowest BCUT2D eigenvalue weighted by Gasteiger charge is -2.48. The summed E-state index contributed by atoms with van der Waals surface area (Å²) in [5.41, 5.74) is 0. The summed E-state index contributed by atoms with van der Waals surface area (Å²) in [4.78, 5) is 0. The second-order valence-corrected chi connectivity index (χ2v) is 2.95. The molecule has 0 heterocycles. The zero-order valence-electron chi connectivity index (χ0n) is 7.13. The molecule has 3 heteroatoms. The molecule has 62 valence electrons. The Morgan fingerprint density at radius 2 is 2.00 bits per heavy atom. The Bertz CT molecular complexity index is 181. The zero-order valence-corrected chi connectivity index (χ0v) is 7.13. The van der Waals surface area contributed by atoms with Crippen molar-refractivity contribution in [3.05, 3.63) is 0 Å². The van der Waals surface area contributed by atoms with Gasteiger partial charge in [-0.1, -0.05) is 6.92 Å². The Morgan fingerprint density at radius 3 is 2.18 bits per heavy atom. The monoisotopic (exact) mass is 155 g/mol. The Hall–Kier alpha value is -0.590. The second-order valence-electron chi connectivity index (χ2n) is 2.95. The molecule has 1 fully saturated rings. The summed E-state index contributed by atoms with van der Waals surface area (Å²) in [6, 6.07) is 2.17. The van der Waals surface area contributed by atoms with Gasteiger partial charge in [-0.05, 0) is 6.42 Å². The first kappa shape index (κ1) is 8.51. The van der Waals surface area contributed by atoms with E-state index in [1.807, 2.05) is 6.92 Å². The fourth-order valence-electron chi connectivity index (χ4n) is 1.78. The van der Waals surface area contributed by atoms with Crippen LogP contribution in [0.25, 0.3) is 0 Å². The largest absolute Gasteiger partial charge is 0.352 e. The highest BCUT2D eigenvalue weighted by molar-refractivity contribution is 5.06. The molecule has 0 N–H and O–H groups in total. The molecule has 1 aliphatic rings. The minimum atomic E-state index is -0.630. The van der Waals surface area contributed by atoms with Crippen LogP contribution in [0, 0.1) is 23.2 Å². The first-order valence-corrected chi connectivity index (χ1v) is 3.71. The number of nitrogens with zero attached hydrogens (tertiary/aromatic N) is 1. The van der Waals surface area contributed by atoms with E-state index in [1.165, 1.54) is 0 Å². The molecule has 0 unspecified atom stereocenters. The van der Waals surface area contributed by atoms with Gasteiger partial charge in [-0.15, -0.1) is 0 Å². The molecule has 0 aliphatic heterocycles. The van der Waals surface area contributed by atoms with Gasteiger partial charge in [0.1, 0.15) is 5.92 Å². The van der Waals surface area contributed by atoms with Crippen LogP contribution < -0.4 is 0 Å². The van der Waals surface area contributed by atoms with Crippen LogP contribution in [0.4, 0.5) is 0 Å². The summed E-state index contributed by atoms with van der Waals surface area (Å²) in [5, 5.41) is 8.69. The Morgan fingerprint density at radius 1 is 1.45 bits per heavy atom. The molecule has 0 aromatic rings. The third-order valence-corrected chi connectivity index (χ3v) is 2.56. The van der Waals surface area contributed by atoms with E-state index < -0.39 is 5.79 Å². The van der Waals surface area contributed by atoms with Gasteiger partial charge in [-0.25, -0.2) is 0 Å². The van der Waals surface area contributed by atoms with Crippen molar-refractivity contribution in [3.8, 4) is 6.07 Å². The molecular formula is C8H13NO2. The summed E-state index contributed by atoms with van der Waals surface area (Å²) >= 11 is 0. The van der Waals surface area contributed by atoms with Crippen molar-refractivity contribution < 1.29 is 9.47 Å². The van der Waals surface area contributed by atoms with Gasteiger partial charge in [-0.3, -0.25) is 0 Å². The molecule has 0 aromatic carbocycles. The van der Waals surface area contributed by atoms with E-state index >= 15 is 0 Å². The summed E-state index contributed by atoms with van der Waals surface area (Å²) in [6.45, 7) is 2.03. The SMILES string of the molecule is COC1(OC)[C@H](C)C[C@@H]1C#N. The third-order valence-electron chi connectivity index (χ3n) is 2.56. The van der Waals surface area contributed by atoms with E-state index in [-0.39, 0.29) is 5.92 Å². The van der Waals surface area contributed by atoms with Crippen LogP contribution >= 0.6 is 0 Å². The average Bonchev–Trinajstić information content (AvgIpc) is 2.02. The van der Waals surface area contributed by atoms with Crippen LogP contribution in [-0.2, 0) is 9.47 Å². The van der Waals surface area contributed by atoms with Crippen LogP contribution in [0.15, 0.2) is 0 Å². The van der Waals surface area contributed by atoms with E-state index in [0.717, 1.165) is 6.42 Å². The first-order chi connectivity index (χ1) is 5.21. The molecule has 0 bridgehead atoms. The topological polar surface area (TPSA) is 42.2 Å². The predicted octanol–water partition coefficient (Wildman–Crippen LogP) is 1.16. The second kappa shape index (κ2) is 2.80. The molecule has 0 saturated heterocycles. The third kappa shape index (κ3) is 0.943. The highest BCUT2D eigenvalue weighted by Gasteiger charge is 2.54. The summed E-state index contributed by atoms with van der Waals surface area (Å²) in [6.07, 6.45) is 0.873. The highest BCUT2D eigenvalue weighted by Crippen LogP contribution is 2.46. The minimum absolute atomic E-state index is 0.104. The maximum Gasteiger partial charge on any atom is 0.186 e. The summed E-state index contributed by atoms with van der Waals surface area (Å²) in [5.74, 6) is -0.413. The molecule has 0 spiro atoms. The molecule has 11 heavy (non-hydrogen) atoms. The van der Waals surface area contributed by atoms with E-state index in [1.54, 1.807) is 14.2 Å². The Balaban J connectivity index is 2.72. The quantitative estimate of drug-likeness (QED) is 0.562. The minimum Gasteiger partial charge on any atom is -0.352 e. The molecule has 0 aromatic heterocycles. The van der Waals surface area contributed by atoms with Crippen molar-refractivity contribution in [2.24, 2.45) is 11.8 Å². The first-order valence-electron chi connectivity index (χ1n) is 3.71. The molecule has 1 rings (SSSR count). The standard InChI is InChI=1S/C8H13NO2/c1-6-4-7(5-9)8(6,10-2)11-3/h6-7H,4H2,1-3H3/t6-,7-/m1/s1. The lowest BCUT2D eigenvalue weighted by atomic mass is 9.70. The van der Waals surface area contributed by atoms with Gasteiger partial charge in [0.25, 0.3) is 0 Å². The average molecular weight is 155 g/mol. The highest BCUT2D eigenvalue weighted by atomic mass is 16.7. The van der Waals surface area contributed by atoms with Crippen LogP contribution in [0.5, 0.6) is 0 Å². The number of nitriles is 1. The molecular weight excluding hydrogens is 142 g/mol. The molecule has 3 nitrogen and oxygen atoms in total. The van der Waals surface area contributed by atoms with Crippen LogP contribution in [0.1, 0.15) is 13.3 Å². The summed E-state index contributed by atoms with van der Waals surface area (Å²) in [7, 11) is 3.17. The van der Waals surface area contributed by atoms with Crippen LogP contribution in [0.2, 0.25) is 0 Å². The zero-order chi connectivity index (χ0) is 8.48. The fraction of sp³-hybridized carbons (Fsp3) is 0.875. The van der Waals surface area contributed by atoms with Crippen molar-refractivity contribution in [1.29, 1.82) is 5.26 Å². The maximum absolute atomic E-state index is 8.69. The Labute approximate surface area is 66.9 Å². The van der Waals surface area contributed by atoms with Crippen LogP contribution in [-0.4, -0.2) is 20.0 Å². The van der Waals surface area contributed by atoms with Crippen molar-refractivity contribution in [2.75, 3.05) is 14.2 Å². The molecule has 1 aliphatic carbocycles. The van der Waals surface area contributed by atoms with E-state index in [4.69, 9.17) is 14.7 Å². The van der Waals surface area contributed by atoms with Crippen molar-refractivity contribution in [1.82, 2.24) is 0 Å². The van der Waals surface area contributed by atoms with E-state index in [0.29, 0.717) is 5.92 Å². The van der Waals surface area contributed by atoms with E-state index in [9.17, 15) is 0 Å². The van der Waals surface area contributed by atoms with Gasteiger partial charge in [0.2, 0.25) is 0 Å².